The predicted molar refractivity (Wildman–Crippen MR) is 124 cm³/mol. The average molecular weight is 421 g/mol. The van der Waals surface area contributed by atoms with E-state index in [1.807, 2.05) is 42.5 Å². The molecule has 1 heterocycles. The van der Waals surface area contributed by atoms with Crippen molar-refractivity contribution in [2.45, 2.75) is 44.1 Å². The summed E-state index contributed by atoms with van der Waals surface area (Å²) in [5.74, 6) is -0.0567. The number of hydrogen-bond acceptors (Lipinski definition) is 3. The van der Waals surface area contributed by atoms with Crippen molar-refractivity contribution in [2.24, 2.45) is 0 Å². The second-order valence-electron chi connectivity index (χ2n) is 8.62. The van der Waals surface area contributed by atoms with Crippen molar-refractivity contribution in [3.05, 3.63) is 54.6 Å². The summed E-state index contributed by atoms with van der Waals surface area (Å²) in [6.07, 6.45) is 5.75. The van der Waals surface area contributed by atoms with Gasteiger partial charge in [-0.25, -0.2) is 4.79 Å². The van der Waals surface area contributed by atoms with Gasteiger partial charge in [0.1, 0.15) is 5.54 Å². The highest BCUT2D eigenvalue weighted by atomic mass is 16.2. The lowest BCUT2D eigenvalue weighted by Crippen LogP contribution is -2.58. The van der Waals surface area contributed by atoms with Crippen LogP contribution >= 0.6 is 0 Å². The molecule has 1 aliphatic heterocycles. The molecule has 164 valence electrons. The number of benzene rings is 2. The second-order valence-corrected chi connectivity index (χ2v) is 8.62. The highest BCUT2D eigenvalue weighted by molar-refractivity contribution is 5.96. The molecule has 0 bridgehead atoms. The quantitative estimate of drug-likeness (QED) is 0.634. The SMILES string of the molecule is O=C(Nc1ccc(-c2ccccc2)cc1)NC1(C(=O)NCCN2CCCC2)CCCC1. The Morgan fingerprint density at radius 1 is 0.839 bits per heavy atom. The van der Waals surface area contributed by atoms with Crippen molar-refractivity contribution in [1.29, 1.82) is 0 Å². The van der Waals surface area contributed by atoms with E-state index in [-0.39, 0.29) is 11.9 Å². The summed E-state index contributed by atoms with van der Waals surface area (Å²) in [7, 11) is 0. The minimum atomic E-state index is -0.806. The third-order valence-corrected chi connectivity index (χ3v) is 6.41. The van der Waals surface area contributed by atoms with Crippen molar-refractivity contribution in [2.75, 3.05) is 31.5 Å². The molecule has 6 heteroatoms. The van der Waals surface area contributed by atoms with E-state index in [0.717, 1.165) is 43.6 Å². The standard InChI is InChI=1S/C25H32N4O2/c30-23(26-16-19-29-17-6-7-18-29)25(14-4-5-15-25)28-24(31)27-22-12-10-21(11-13-22)20-8-2-1-3-9-20/h1-3,8-13H,4-7,14-19H2,(H,26,30)(H2,27,28,31). The Kier molecular flexibility index (Phi) is 6.87. The average Bonchev–Trinajstić information content (AvgIpc) is 3.48. The minimum absolute atomic E-state index is 0.0567. The van der Waals surface area contributed by atoms with Gasteiger partial charge in [-0.15, -0.1) is 0 Å². The Labute approximate surface area is 184 Å². The molecule has 1 aliphatic carbocycles. The van der Waals surface area contributed by atoms with Crippen LogP contribution in [-0.2, 0) is 4.79 Å². The lowest BCUT2D eigenvalue weighted by Gasteiger charge is -2.29. The van der Waals surface area contributed by atoms with Gasteiger partial charge in [-0.05, 0) is 62.0 Å². The first-order chi connectivity index (χ1) is 15.1. The van der Waals surface area contributed by atoms with Gasteiger partial charge in [0.2, 0.25) is 5.91 Å². The highest BCUT2D eigenvalue weighted by Gasteiger charge is 2.42. The fraction of sp³-hybridized carbons (Fsp3) is 0.440. The molecule has 4 rings (SSSR count). The molecule has 1 saturated carbocycles. The molecular formula is C25H32N4O2. The molecule has 31 heavy (non-hydrogen) atoms. The summed E-state index contributed by atoms with van der Waals surface area (Å²) < 4.78 is 0. The number of carbonyl (C=O) groups is 2. The Morgan fingerprint density at radius 2 is 1.48 bits per heavy atom. The third-order valence-electron chi connectivity index (χ3n) is 6.41. The van der Waals surface area contributed by atoms with Gasteiger partial charge in [0, 0.05) is 18.8 Å². The first-order valence-electron chi connectivity index (χ1n) is 11.4. The summed E-state index contributed by atoms with van der Waals surface area (Å²) >= 11 is 0. The van der Waals surface area contributed by atoms with Gasteiger partial charge < -0.3 is 20.9 Å². The fourth-order valence-corrected chi connectivity index (χ4v) is 4.65. The zero-order valence-electron chi connectivity index (χ0n) is 18.0. The molecule has 3 N–H and O–H groups in total. The van der Waals surface area contributed by atoms with Crippen LogP contribution in [0.1, 0.15) is 38.5 Å². The lowest BCUT2D eigenvalue weighted by atomic mass is 9.96. The summed E-state index contributed by atoms with van der Waals surface area (Å²) in [5, 5.41) is 8.94. The van der Waals surface area contributed by atoms with Crippen LogP contribution in [0.25, 0.3) is 11.1 Å². The number of amides is 3. The highest BCUT2D eigenvalue weighted by Crippen LogP contribution is 2.30. The van der Waals surface area contributed by atoms with E-state index in [1.165, 1.54) is 12.8 Å². The van der Waals surface area contributed by atoms with Crippen LogP contribution in [-0.4, -0.2) is 48.6 Å². The Hall–Kier alpha value is -2.86. The molecule has 6 nitrogen and oxygen atoms in total. The van der Waals surface area contributed by atoms with Gasteiger partial charge in [-0.1, -0.05) is 55.3 Å². The molecule has 0 unspecified atom stereocenters. The van der Waals surface area contributed by atoms with Crippen LogP contribution in [0.4, 0.5) is 10.5 Å². The van der Waals surface area contributed by atoms with E-state index in [0.29, 0.717) is 25.1 Å². The fourth-order valence-electron chi connectivity index (χ4n) is 4.65. The number of nitrogens with zero attached hydrogens (tertiary/aromatic N) is 1. The first kappa shape index (κ1) is 21.4. The normalized spacial score (nSPS) is 17.9. The summed E-state index contributed by atoms with van der Waals surface area (Å²) in [6, 6.07) is 17.5. The van der Waals surface area contributed by atoms with Crippen molar-refractivity contribution in [3.63, 3.8) is 0 Å². The van der Waals surface area contributed by atoms with Gasteiger partial charge >= 0.3 is 6.03 Å². The molecule has 1 saturated heterocycles. The van der Waals surface area contributed by atoms with Gasteiger partial charge in [-0.2, -0.15) is 0 Å². The number of hydrogen-bond donors (Lipinski definition) is 3. The third kappa shape index (κ3) is 5.44. The Balaban J connectivity index is 1.32. The van der Waals surface area contributed by atoms with Gasteiger partial charge in [-0.3, -0.25) is 4.79 Å². The maximum atomic E-state index is 13.0. The maximum absolute atomic E-state index is 13.0. The minimum Gasteiger partial charge on any atom is -0.353 e. The lowest BCUT2D eigenvalue weighted by molar-refractivity contribution is -0.127. The molecule has 0 atom stereocenters. The number of anilines is 1. The van der Waals surface area contributed by atoms with E-state index in [2.05, 4.69) is 33.0 Å². The van der Waals surface area contributed by atoms with Crippen LogP contribution in [0.2, 0.25) is 0 Å². The molecule has 0 aromatic heterocycles. The summed E-state index contributed by atoms with van der Waals surface area (Å²) in [4.78, 5) is 28.0. The van der Waals surface area contributed by atoms with Crippen molar-refractivity contribution >= 4 is 17.6 Å². The number of urea groups is 1. The van der Waals surface area contributed by atoms with Crippen LogP contribution in [0.15, 0.2) is 54.6 Å². The van der Waals surface area contributed by atoms with Crippen LogP contribution < -0.4 is 16.0 Å². The molecule has 3 amide bonds. The number of likely N-dealkylation sites (tertiary alicyclic amines) is 1. The molecule has 2 aliphatic rings. The van der Waals surface area contributed by atoms with Crippen molar-refractivity contribution < 1.29 is 9.59 Å². The Bertz CT molecular complexity index is 870. The van der Waals surface area contributed by atoms with Gasteiger partial charge in [0.15, 0.2) is 0 Å². The van der Waals surface area contributed by atoms with Gasteiger partial charge in [0.25, 0.3) is 0 Å². The van der Waals surface area contributed by atoms with E-state index in [4.69, 9.17) is 0 Å². The number of nitrogens with one attached hydrogen (secondary N) is 3. The largest absolute Gasteiger partial charge is 0.353 e. The zero-order chi connectivity index (χ0) is 21.5. The van der Waals surface area contributed by atoms with Crippen LogP contribution in [0, 0.1) is 0 Å². The van der Waals surface area contributed by atoms with E-state index < -0.39 is 5.54 Å². The monoisotopic (exact) mass is 420 g/mol. The van der Waals surface area contributed by atoms with Crippen molar-refractivity contribution in [1.82, 2.24) is 15.5 Å². The smallest absolute Gasteiger partial charge is 0.320 e. The number of rotatable bonds is 7. The summed E-state index contributed by atoms with van der Waals surface area (Å²) in [5.41, 5.74) is 2.13. The summed E-state index contributed by atoms with van der Waals surface area (Å²) in [6.45, 7) is 3.74. The molecule has 2 aromatic carbocycles. The molecule has 0 radical (unpaired) electrons. The second kappa shape index (κ2) is 9.96. The van der Waals surface area contributed by atoms with Crippen molar-refractivity contribution in [3.8, 4) is 11.1 Å². The zero-order valence-corrected chi connectivity index (χ0v) is 18.0. The molecule has 0 spiro atoms. The van der Waals surface area contributed by atoms with Crippen LogP contribution in [0.5, 0.6) is 0 Å². The molecule has 2 aromatic rings. The maximum Gasteiger partial charge on any atom is 0.320 e. The number of carbonyl (C=O) groups excluding carboxylic acids is 2. The van der Waals surface area contributed by atoms with Gasteiger partial charge in [0.05, 0.1) is 0 Å². The van der Waals surface area contributed by atoms with Crippen LogP contribution in [0.3, 0.4) is 0 Å². The Morgan fingerprint density at radius 3 is 2.16 bits per heavy atom. The van der Waals surface area contributed by atoms with E-state index in [1.54, 1.807) is 0 Å². The van der Waals surface area contributed by atoms with E-state index in [9.17, 15) is 9.59 Å². The molecular weight excluding hydrogens is 388 g/mol. The topological polar surface area (TPSA) is 73.5 Å². The van der Waals surface area contributed by atoms with E-state index >= 15 is 0 Å². The predicted octanol–water partition coefficient (Wildman–Crippen LogP) is 4.00. The first-order valence-corrected chi connectivity index (χ1v) is 11.4. The molecule has 2 fully saturated rings.